The topological polar surface area (TPSA) is 61.9 Å². The van der Waals surface area contributed by atoms with Crippen molar-refractivity contribution < 1.29 is 31.7 Å². The molecule has 0 radical (unpaired) electrons. The summed E-state index contributed by atoms with van der Waals surface area (Å²) in [5, 5.41) is 1.81. The van der Waals surface area contributed by atoms with E-state index in [2.05, 4.69) is 0 Å². The quantitative estimate of drug-likeness (QED) is 0.354. The summed E-state index contributed by atoms with van der Waals surface area (Å²) in [6.07, 6.45) is -5.47. The van der Waals surface area contributed by atoms with E-state index in [1.165, 1.54) is 9.34 Å². The van der Waals surface area contributed by atoms with E-state index in [0.29, 0.717) is 5.56 Å². The number of hydrogen-bond donors (Lipinski definition) is 1. The molecule has 0 fully saturated rings. The number of rotatable bonds is 12. The summed E-state index contributed by atoms with van der Waals surface area (Å²) in [6, 6.07) is 8.43. The van der Waals surface area contributed by atoms with E-state index in [4.69, 9.17) is 4.74 Å². The fourth-order valence-corrected chi connectivity index (χ4v) is 6.63. The molecule has 1 N–H and O–H groups in total. The summed E-state index contributed by atoms with van der Waals surface area (Å²) in [6.45, 7) is 6.38. The second-order valence-corrected chi connectivity index (χ2v) is 9.28. The van der Waals surface area contributed by atoms with Gasteiger partial charge in [0.2, 0.25) is 7.44 Å². The van der Waals surface area contributed by atoms with Crippen LogP contribution in [0.4, 0.5) is 22.4 Å². The van der Waals surface area contributed by atoms with Crippen LogP contribution < -0.4 is 5.32 Å². The van der Waals surface area contributed by atoms with Crippen LogP contribution in [0.15, 0.2) is 30.3 Å². The number of nitrogens with zero attached hydrogens (tertiary/aromatic N) is 2. The van der Waals surface area contributed by atoms with Gasteiger partial charge in [0.25, 0.3) is 0 Å². The zero-order chi connectivity index (χ0) is 22.9. The largest absolute Gasteiger partial charge is 0.445 e. The van der Waals surface area contributed by atoms with Crippen molar-refractivity contribution >= 4 is 13.5 Å². The van der Waals surface area contributed by atoms with E-state index >= 15 is 0 Å². The lowest BCUT2D eigenvalue weighted by atomic mass is 10.2. The maximum absolute atomic E-state index is 14.6. The molecule has 0 saturated heterocycles. The second-order valence-electron chi connectivity index (χ2n) is 6.45. The predicted molar refractivity (Wildman–Crippen MR) is 108 cm³/mol. The molecule has 0 aliphatic heterocycles. The highest BCUT2D eigenvalue weighted by Gasteiger charge is 2.61. The Morgan fingerprint density at radius 1 is 1.03 bits per heavy atom. The first-order valence-electron chi connectivity index (χ1n) is 9.83. The highest BCUT2D eigenvalue weighted by atomic mass is 31.2. The normalized spacial score (nSPS) is 13.7. The fourth-order valence-electron chi connectivity index (χ4n) is 3.16. The van der Waals surface area contributed by atoms with Crippen molar-refractivity contribution in [2.45, 2.75) is 52.4 Å². The number of hydrogen-bond acceptors (Lipinski definition) is 3. The lowest BCUT2D eigenvalue weighted by molar-refractivity contribution is -0.135. The number of carbonyl (C=O) groups excluding carboxylic acids is 1. The van der Waals surface area contributed by atoms with Crippen LogP contribution >= 0.6 is 7.44 Å². The number of carbonyl (C=O) groups is 1. The Hall–Kier alpha value is -1.64. The Labute approximate surface area is 175 Å². The minimum absolute atomic E-state index is 0.0703. The molecule has 0 heterocycles. The van der Waals surface area contributed by atoms with E-state index in [9.17, 15) is 26.9 Å². The molecule has 1 atom stereocenters. The van der Waals surface area contributed by atoms with Gasteiger partial charge in [0, 0.05) is 26.2 Å². The van der Waals surface area contributed by atoms with Gasteiger partial charge in [0.05, 0.1) is 0 Å². The molecule has 0 spiro atoms. The highest BCUT2D eigenvalue weighted by molar-refractivity contribution is 7.60. The van der Waals surface area contributed by atoms with E-state index in [1.807, 2.05) is 5.32 Å². The van der Waals surface area contributed by atoms with Crippen LogP contribution in [0.2, 0.25) is 0 Å². The number of alkyl carbamates (subject to hydrolysis) is 1. The summed E-state index contributed by atoms with van der Waals surface area (Å²) in [7, 11) is -4.35. The van der Waals surface area contributed by atoms with Crippen LogP contribution in [-0.4, -0.2) is 59.7 Å². The third-order valence-corrected chi connectivity index (χ3v) is 8.63. The van der Waals surface area contributed by atoms with E-state index < -0.39 is 31.7 Å². The van der Waals surface area contributed by atoms with E-state index in [0.717, 1.165) is 0 Å². The lowest BCUT2D eigenvalue weighted by Gasteiger charge is -2.44. The SMILES string of the molecule is CCN(CC)P(=O)(C(NC(=O)OCc1ccccc1)C(F)(F)C(F)F)N(CC)CC. The smallest absolute Gasteiger partial charge is 0.408 e. The molecule has 1 aromatic rings. The van der Waals surface area contributed by atoms with Crippen LogP contribution in [0.5, 0.6) is 0 Å². The van der Waals surface area contributed by atoms with Crippen molar-refractivity contribution in [2.24, 2.45) is 0 Å². The summed E-state index contributed by atoms with van der Waals surface area (Å²) in [5.41, 5.74) is 0.584. The number of amides is 1. The molecule has 1 amide bonds. The Bertz CT molecular complexity index is 686. The van der Waals surface area contributed by atoms with Gasteiger partial charge < -0.3 is 10.1 Å². The number of halogens is 4. The number of benzene rings is 1. The van der Waals surface area contributed by atoms with Crippen molar-refractivity contribution in [3.05, 3.63) is 35.9 Å². The monoisotopic (exact) mass is 455 g/mol. The average molecular weight is 455 g/mol. The zero-order valence-electron chi connectivity index (χ0n) is 17.7. The molecule has 172 valence electrons. The van der Waals surface area contributed by atoms with Crippen LogP contribution in [0.1, 0.15) is 33.3 Å². The second kappa shape index (κ2) is 11.7. The third kappa shape index (κ3) is 5.95. The standard InChI is InChI=1S/C19H30F4N3O3P/c1-5-25(6-2)30(28,26(7-3)8-4)17(19(22,23)16(20)21)24-18(27)29-14-15-12-10-9-11-13-15/h9-13,16-17H,5-8,14H2,1-4H3,(H,24,27). The molecule has 0 aliphatic carbocycles. The summed E-state index contributed by atoms with van der Waals surface area (Å²) in [4.78, 5) is 12.3. The molecule has 30 heavy (non-hydrogen) atoms. The number of ether oxygens (including phenoxy) is 1. The number of alkyl halides is 4. The summed E-state index contributed by atoms with van der Waals surface area (Å²) >= 11 is 0. The lowest BCUT2D eigenvalue weighted by Crippen LogP contribution is -2.56. The molecule has 1 rings (SSSR count). The van der Waals surface area contributed by atoms with Crippen molar-refractivity contribution in [1.82, 2.24) is 14.7 Å². The Morgan fingerprint density at radius 3 is 1.90 bits per heavy atom. The van der Waals surface area contributed by atoms with Gasteiger partial charge in [-0.1, -0.05) is 58.0 Å². The molecule has 1 unspecified atom stereocenters. The molecule has 0 bridgehead atoms. The first-order valence-corrected chi connectivity index (χ1v) is 11.5. The van der Waals surface area contributed by atoms with Gasteiger partial charge in [-0.3, -0.25) is 4.57 Å². The first-order chi connectivity index (χ1) is 14.1. The molecule has 11 heteroatoms. The highest BCUT2D eigenvalue weighted by Crippen LogP contribution is 2.60. The summed E-state index contributed by atoms with van der Waals surface area (Å²) in [5.74, 6) is -7.39. The summed E-state index contributed by atoms with van der Waals surface area (Å²) < 4.78 is 77.3. The molecule has 6 nitrogen and oxygen atoms in total. The van der Waals surface area contributed by atoms with Gasteiger partial charge >= 0.3 is 18.4 Å². The first kappa shape index (κ1) is 26.4. The van der Waals surface area contributed by atoms with Crippen molar-refractivity contribution in [3.63, 3.8) is 0 Å². The van der Waals surface area contributed by atoms with Gasteiger partial charge in [0.15, 0.2) is 5.78 Å². The molecule has 0 aliphatic rings. The molecule has 1 aromatic carbocycles. The van der Waals surface area contributed by atoms with Crippen LogP contribution in [0.3, 0.4) is 0 Å². The Balaban J connectivity index is 3.31. The maximum Gasteiger partial charge on any atom is 0.408 e. The minimum atomic E-state index is -4.74. The van der Waals surface area contributed by atoms with Crippen LogP contribution in [-0.2, 0) is 15.9 Å². The van der Waals surface area contributed by atoms with Crippen LogP contribution in [0.25, 0.3) is 0 Å². The van der Waals surface area contributed by atoms with Gasteiger partial charge in [0.1, 0.15) is 6.61 Å². The van der Waals surface area contributed by atoms with Crippen molar-refractivity contribution in [2.75, 3.05) is 26.2 Å². The van der Waals surface area contributed by atoms with Gasteiger partial charge in [-0.2, -0.15) is 8.78 Å². The van der Waals surface area contributed by atoms with Crippen molar-refractivity contribution in [1.29, 1.82) is 0 Å². The fraction of sp³-hybridized carbons (Fsp3) is 0.632. The Morgan fingerprint density at radius 2 is 1.50 bits per heavy atom. The molecular weight excluding hydrogens is 425 g/mol. The van der Waals surface area contributed by atoms with E-state index in [-0.39, 0.29) is 32.8 Å². The third-order valence-electron chi connectivity index (χ3n) is 4.73. The Kier molecular flexibility index (Phi) is 10.3. The van der Waals surface area contributed by atoms with Gasteiger partial charge in [-0.05, 0) is 5.56 Å². The van der Waals surface area contributed by atoms with Gasteiger partial charge in [-0.15, -0.1) is 0 Å². The molecule has 0 aromatic heterocycles. The molecular formula is C19H30F4N3O3P. The van der Waals surface area contributed by atoms with Crippen LogP contribution in [0, 0.1) is 0 Å². The number of nitrogens with one attached hydrogen (secondary N) is 1. The average Bonchev–Trinajstić information content (AvgIpc) is 2.72. The molecule has 0 saturated carbocycles. The van der Waals surface area contributed by atoms with Crippen molar-refractivity contribution in [3.8, 4) is 0 Å². The predicted octanol–water partition coefficient (Wildman–Crippen LogP) is 5.02. The van der Waals surface area contributed by atoms with Gasteiger partial charge in [-0.25, -0.2) is 22.9 Å². The van der Waals surface area contributed by atoms with E-state index in [1.54, 1.807) is 58.0 Å². The minimum Gasteiger partial charge on any atom is -0.445 e. The maximum atomic E-state index is 14.6. The zero-order valence-corrected chi connectivity index (χ0v) is 18.5.